The Hall–Kier alpha value is -0.530. The summed E-state index contributed by atoms with van der Waals surface area (Å²) in [4.78, 5) is 2.00. The van der Waals surface area contributed by atoms with E-state index in [2.05, 4.69) is 4.72 Å². The molecule has 0 aliphatic rings. The van der Waals surface area contributed by atoms with Gasteiger partial charge in [-0.3, -0.25) is 0 Å². The lowest BCUT2D eigenvalue weighted by Crippen LogP contribution is -2.32. The molecule has 0 heterocycles. The molecule has 0 fully saturated rings. The van der Waals surface area contributed by atoms with Gasteiger partial charge in [0.2, 0.25) is 10.0 Å². The number of nitrogen functional groups attached to an aromatic ring is 1. The van der Waals surface area contributed by atoms with Crippen LogP contribution in [0.25, 0.3) is 0 Å². The number of likely N-dealkylation sites (N-methyl/N-ethyl adjacent to an activating group) is 1. The van der Waals surface area contributed by atoms with Crippen molar-refractivity contribution in [3.8, 4) is 0 Å². The fraction of sp³-hybridized carbons (Fsp3) is 0.455. The van der Waals surface area contributed by atoms with E-state index in [0.29, 0.717) is 13.1 Å². The van der Waals surface area contributed by atoms with Crippen LogP contribution in [-0.4, -0.2) is 40.0 Å². The number of hydrogen-bond donors (Lipinski definition) is 2. The Bertz CT molecular complexity index is 526. The van der Waals surface area contributed by atoms with Crippen molar-refractivity contribution < 1.29 is 8.42 Å². The Morgan fingerprint density at radius 1 is 1.32 bits per heavy atom. The van der Waals surface area contributed by atoms with Gasteiger partial charge >= 0.3 is 0 Å². The first-order chi connectivity index (χ1) is 8.77. The van der Waals surface area contributed by atoms with Crippen LogP contribution in [0.15, 0.2) is 17.0 Å². The van der Waals surface area contributed by atoms with Crippen molar-refractivity contribution in [2.24, 2.45) is 0 Å². The molecule has 19 heavy (non-hydrogen) atoms. The van der Waals surface area contributed by atoms with Crippen LogP contribution in [0.3, 0.4) is 0 Å². The molecule has 0 saturated heterocycles. The first-order valence-electron chi connectivity index (χ1n) is 5.70. The summed E-state index contributed by atoms with van der Waals surface area (Å²) in [5.41, 5.74) is 5.74. The maximum atomic E-state index is 12.0. The lowest BCUT2D eigenvalue weighted by atomic mass is 10.3. The minimum atomic E-state index is -3.63. The smallest absolute Gasteiger partial charge is 0.240 e. The highest BCUT2D eigenvalue weighted by Crippen LogP contribution is 2.30. The number of nitrogens with zero attached hydrogens (tertiary/aromatic N) is 1. The normalized spacial score (nSPS) is 12.1. The Kier molecular flexibility index (Phi) is 5.88. The minimum Gasteiger partial charge on any atom is -0.396 e. The van der Waals surface area contributed by atoms with Gasteiger partial charge < -0.3 is 10.6 Å². The molecular formula is C11H17Cl2N3O2S. The van der Waals surface area contributed by atoms with Crippen LogP contribution in [0.1, 0.15) is 6.92 Å². The van der Waals surface area contributed by atoms with Crippen molar-refractivity contribution in [3.63, 3.8) is 0 Å². The standard InChI is InChI=1S/C11H17Cl2N3O2S/c1-3-16(2)5-4-15-19(17,18)8-6-9(12)11(14)10(13)7-8/h6-7,15H,3-5,14H2,1-2H3. The van der Waals surface area contributed by atoms with Gasteiger partial charge in [0.05, 0.1) is 20.6 Å². The first-order valence-corrected chi connectivity index (χ1v) is 7.94. The number of hydrogen-bond acceptors (Lipinski definition) is 4. The highest BCUT2D eigenvalue weighted by atomic mass is 35.5. The number of rotatable bonds is 6. The molecule has 1 aromatic rings. The van der Waals surface area contributed by atoms with Gasteiger partial charge in [-0.2, -0.15) is 0 Å². The maximum absolute atomic E-state index is 12.0. The maximum Gasteiger partial charge on any atom is 0.240 e. The first kappa shape index (κ1) is 16.5. The zero-order valence-corrected chi connectivity index (χ0v) is 13.1. The van der Waals surface area contributed by atoms with E-state index in [1.165, 1.54) is 12.1 Å². The van der Waals surface area contributed by atoms with E-state index in [0.717, 1.165) is 6.54 Å². The summed E-state index contributed by atoms with van der Waals surface area (Å²) >= 11 is 11.6. The molecule has 5 nitrogen and oxygen atoms in total. The predicted molar refractivity (Wildman–Crippen MR) is 79.2 cm³/mol. The largest absolute Gasteiger partial charge is 0.396 e. The van der Waals surface area contributed by atoms with Gasteiger partial charge in [-0.05, 0) is 25.7 Å². The Morgan fingerprint density at radius 2 is 1.84 bits per heavy atom. The summed E-state index contributed by atoms with van der Waals surface area (Å²) in [6, 6.07) is 2.57. The molecule has 0 aliphatic heterocycles. The zero-order chi connectivity index (χ0) is 14.6. The molecule has 0 amide bonds. The molecule has 3 N–H and O–H groups in total. The van der Waals surface area contributed by atoms with Gasteiger partial charge in [-0.25, -0.2) is 13.1 Å². The number of anilines is 1. The number of sulfonamides is 1. The minimum absolute atomic E-state index is 0.0100. The van der Waals surface area contributed by atoms with E-state index < -0.39 is 10.0 Å². The molecule has 0 unspecified atom stereocenters. The average molecular weight is 326 g/mol. The van der Waals surface area contributed by atoms with Gasteiger partial charge in [0.1, 0.15) is 0 Å². The van der Waals surface area contributed by atoms with Gasteiger partial charge in [-0.15, -0.1) is 0 Å². The Labute approximate surface area is 123 Å². The topological polar surface area (TPSA) is 75.4 Å². The van der Waals surface area contributed by atoms with Crippen LogP contribution in [0.4, 0.5) is 5.69 Å². The van der Waals surface area contributed by atoms with Gasteiger partial charge in [0.15, 0.2) is 0 Å². The Balaban J connectivity index is 2.83. The van der Waals surface area contributed by atoms with Crippen LogP contribution >= 0.6 is 23.2 Å². The van der Waals surface area contributed by atoms with E-state index >= 15 is 0 Å². The molecule has 1 aromatic carbocycles. The van der Waals surface area contributed by atoms with E-state index in [9.17, 15) is 8.42 Å². The summed E-state index contributed by atoms with van der Waals surface area (Å²) in [6.07, 6.45) is 0. The molecular weight excluding hydrogens is 309 g/mol. The third-order valence-corrected chi connectivity index (χ3v) is 4.75. The van der Waals surface area contributed by atoms with Crippen LogP contribution in [0.2, 0.25) is 10.0 Å². The quantitative estimate of drug-likeness (QED) is 0.782. The third kappa shape index (κ3) is 4.50. The van der Waals surface area contributed by atoms with Crippen molar-refractivity contribution in [3.05, 3.63) is 22.2 Å². The summed E-state index contributed by atoms with van der Waals surface area (Å²) in [6.45, 7) is 3.77. The number of nitrogens with one attached hydrogen (secondary N) is 1. The van der Waals surface area contributed by atoms with Gasteiger partial charge in [0, 0.05) is 13.1 Å². The van der Waals surface area contributed by atoms with E-state index in [1.54, 1.807) is 0 Å². The van der Waals surface area contributed by atoms with Crippen LogP contribution < -0.4 is 10.5 Å². The van der Waals surface area contributed by atoms with Gasteiger partial charge in [0.25, 0.3) is 0 Å². The predicted octanol–water partition coefficient (Wildman–Crippen LogP) is 1.81. The van der Waals surface area contributed by atoms with Crippen molar-refractivity contribution in [1.29, 1.82) is 0 Å². The van der Waals surface area contributed by atoms with Crippen LogP contribution in [-0.2, 0) is 10.0 Å². The molecule has 0 radical (unpaired) electrons. The highest BCUT2D eigenvalue weighted by Gasteiger charge is 2.17. The zero-order valence-electron chi connectivity index (χ0n) is 10.8. The molecule has 0 bridgehead atoms. The monoisotopic (exact) mass is 325 g/mol. The molecule has 0 atom stereocenters. The molecule has 0 aromatic heterocycles. The van der Waals surface area contributed by atoms with Crippen molar-refractivity contribution in [1.82, 2.24) is 9.62 Å². The van der Waals surface area contributed by atoms with E-state index in [1.807, 2.05) is 18.9 Å². The average Bonchev–Trinajstić information content (AvgIpc) is 2.34. The Morgan fingerprint density at radius 3 is 2.32 bits per heavy atom. The van der Waals surface area contributed by atoms with E-state index in [-0.39, 0.29) is 20.6 Å². The second-order valence-corrected chi connectivity index (χ2v) is 6.68. The summed E-state index contributed by atoms with van der Waals surface area (Å²) in [5, 5.41) is 0.247. The highest BCUT2D eigenvalue weighted by molar-refractivity contribution is 7.89. The molecule has 1 rings (SSSR count). The fourth-order valence-electron chi connectivity index (χ4n) is 1.33. The summed E-state index contributed by atoms with van der Waals surface area (Å²) in [5.74, 6) is 0. The molecule has 108 valence electrons. The summed E-state index contributed by atoms with van der Waals surface area (Å²) in [7, 11) is -1.72. The van der Waals surface area contributed by atoms with Crippen molar-refractivity contribution in [2.75, 3.05) is 32.4 Å². The third-order valence-electron chi connectivity index (χ3n) is 2.69. The van der Waals surface area contributed by atoms with Gasteiger partial charge in [-0.1, -0.05) is 30.1 Å². The van der Waals surface area contributed by atoms with Crippen molar-refractivity contribution in [2.45, 2.75) is 11.8 Å². The SMILES string of the molecule is CCN(C)CCNS(=O)(=O)c1cc(Cl)c(N)c(Cl)c1. The number of nitrogens with two attached hydrogens (primary N) is 1. The van der Waals surface area contributed by atoms with Crippen LogP contribution in [0.5, 0.6) is 0 Å². The molecule has 0 spiro atoms. The molecule has 8 heteroatoms. The second-order valence-electron chi connectivity index (χ2n) is 4.09. The lowest BCUT2D eigenvalue weighted by molar-refractivity contribution is 0.358. The fourth-order valence-corrected chi connectivity index (χ4v) is 3.02. The summed E-state index contributed by atoms with van der Waals surface area (Å²) < 4.78 is 26.5. The molecule has 0 saturated carbocycles. The van der Waals surface area contributed by atoms with Crippen molar-refractivity contribution >= 4 is 38.9 Å². The second kappa shape index (κ2) is 6.76. The van der Waals surface area contributed by atoms with Crippen LogP contribution in [0, 0.1) is 0 Å². The lowest BCUT2D eigenvalue weighted by Gasteiger charge is -2.14. The van der Waals surface area contributed by atoms with E-state index in [4.69, 9.17) is 28.9 Å². The number of halogens is 2. The molecule has 0 aliphatic carbocycles. The number of benzene rings is 1.